The molecule has 1 aromatic rings. The third kappa shape index (κ3) is 4.53. The number of amides is 1. The van der Waals surface area contributed by atoms with Crippen LogP contribution in [0.2, 0.25) is 0 Å². The van der Waals surface area contributed by atoms with E-state index in [-0.39, 0.29) is 17.9 Å². The van der Waals surface area contributed by atoms with Crippen LogP contribution < -0.4 is 4.74 Å². The Balaban J connectivity index is 1.82. The van der Waals surface area contributed by atoms with E-state index >= 15 is 0 Å². The van der Waals surface area contributed by atoms with Gasteiger partial charge in [0.05, 0.1) is 13.7 Å². The summed E-state index contributed by atoms with van der Waals surface area (Å²) in [6.07, 6.45) is -4.61. The van der Waals surface area contributed by atoms with Crippen LogP contribution in [-0.2, 0) is 9.53 Å². The Labute approximate surface area is 171 Å². The summed E-state index contributed by atoms with van der Waals surface area (Å²) in [4.78, 5) is 27.9. The number of halogens is 4. The van der Waals surface area contributed by atoms with Crippen molar-refractivity contribution in [2.75, 3.05) is 40.3 Å². The molecule has 3 rings (SSSR count). The summed E-state index contributed by atoms with van der Waals surface area (Å²) in [5.41, 5.74) is -0.460. The number of methoxy groups -OCH3 is 1. The first-order valence-corrected chi connectivity index (χ1v) is 9.65. The molecule has 1 aromatic carbocycles. The number of piperidine rings is 2. The number of rotatable bonds is 3. The van der Waals surface area contributed by atoms with Gasteiger partial charge in [-0.2, -0.15) is 13.2 Å². The van der Waals surface area contributed by atoms with Gasteiger partial charge in [-0.05, 0) is 57.6 Å². The number of hydrogen-bond acceptors (Lipinski definition) is 5. The van der Waals surface area contributed by atoms with E-state index in [0.29, 0.717) is 38.9 Å². The third-order valence-electron chi connectivity index (χ3n) is 6.10. The average molecular weight is 432 g/mol. The predicted molar refractivity (Wildman–Crippen MR) is 98.6 cm³/mol. The first-order valence-electron chi connectivity index (χ1n) is 9.65. The number of alkyl halides is 3. The minimum absolute atomic E-state index is 0.107. The molecular weight excluding hydrogens is 408 g/mol. The molecule has 1 unspecified atom stereocenters. The van der Waals surface area contributed by atoms with Gasteiger partial charge < -0.3 is 19.3 Å². The van der Waals surface area contributed by atoms with Gasteiger partial charge in [0, 0.05) is 17.5 Å². The fourth-order valence-corrected chi connectivity index (χ4v) is 4.16. The second kappa shape index (κ2) is 8.41. The van der Waals surface area contributed by atoms with Crippen LogP contribution in [0.25, 0.3) is 0 Å². The fourth-order valence-electron chi connectivity index (χ4n) is 4.16. The Hall–Kier alpha value is -2.36. The molecule has 0 N–H and O–H groups in total. The highest BCUT2D eigenvalue weighted by molar-refractivity contribution is 5.94. The molecule has 2 fully saturated rings. The van der Waals surface area contributed by atoms with Gasteiger partial charge in [-0.3, -0.25) is 4.79 Å². The van der Waals surface area contributed by atoms with Crippen molar-refractivity contribution in [2.45, 2.75) is 31.5 Å². The number of likely N-dealkylation sites (tertiary alicyclic amines) is 2. The van der Waals surface area contributed by atoms with Crippen molar-refractivity contribution < 1.29 is 36.6 Å². The second-order valence-corrected chi connectivity index (χ2v) is 7.91. The Morgan fingerprint density at radius 3 is 2.37 bits per heavy atom. The molecule has 0 bridgehead atoms. The van der Waals surface area contributed by atoms with Crippen molar-refractivity contribution in [1.29, 1.82) is 0 Å². The molecule has 0 saturated carbocycles. The molecule has 2 heterocycles. The molecule has 2 aliphatic heterocycles. The quantitative estimate of drug-likeness (QED) is 0.543. The van der Waals surface area contributed by atoms with E-state index in [4.69, 9.17) is 9.47 Å². The summed E-state index contributed by atoms with van der Waals surface area (Å²) >= 11 is 0. The Bertz CT molecular complexity index is 806. The molecule has 30 heavy (non-hydrogen) atoms. The van der Waals surface area contributed by atoms with Gasteiger partial charge in [0.25, 0.3) is 5.91 Å². The highest BCUT2D eigenvalue weighted by atomic mass is 19.4. The Kier molecular flexibility index (Phi) is 6.26. The summed E-state index contributed by atoms with van der Waals surface area (Å²) in [6.45, 7) is 1.50. The Morgan fingerprint density at radius 1 is 1.13 bits per heavy atom. The maximum atomic E-state index is 13.6. The average Bonchev–Trinajstić information content (AvgIpc) is 2.71. The maximum absolute atomic E-state index is 13.6. The molecule has 1 atom stereocenters. The third-order valence-corrected chi connectivity index (χ3v) is 6.10. The molecule has 6 nitrogen and oxygen atoms in total. The van der Waals surface area contributed by atoms with Crippen molar-refractivity contribution in [2.24, 2.45) is 5.41 Å². The van der Waals surface area contributed by atoms with E-state index in [2.05, 4.69) is 4.90 Å². The van der Waals surface area contributed by atoms with Crippen LogP contribution in [0, 0.1) is 11.2 Å². The van der Waals surface area contributed by atoms with Crippen LogP contribution in [0.5, 0.6) is 5.75 Å². The molecular formula is C20H24F4N2O4. The number of esters is 1. The summed E-state index contributed by atoms with van der Waals surface area (Å²) in [7, 11) is 3.19. The summed E-state index contributed by atoms with van der Waals surface area (Å²) in [5, 5.41) is 0. The molecule has 1 spiro atoms. The normalized spacial score (nSPS) is 22.1. The lowest BCUT2D eigenvalue weighted by Crippen LogP contribution is -2.58. The van der Waals surface area contributed by atoms with Crippen LogP contribution in [0.4, 0.5) is 17.6 Å². The van der Waals surface area contributed by atoms with E-state index in [0.717, 1.165) is 6.07 Å². The zero-order chi connectivity index (χ0) is 22.1. The topological polar surface area (TPSA) is 59.1 Å². The minimum atomic E-state index is -5.11. The number of carbonyl (C=O) groups is 2. The monoisotopic (exact) mass is 432 g/mol. The van der Waals surface area contributed by atoms with Crippen LogP contribution >= 0.6 is 0 Å². The zero-order valence-corrected chi connectivity index (χ0v) is 16.8. The van der Waals surface area contributed by atoms with Crippen LogP contribution in [0.1, 0.15) is 29.6 Å². The number of carbonyl (C=O) groups excluding carboxylic acids is 2. The Morgan fingerprint density at radius 2 is 1.77 bits per heavy atom. The van der Waals surface area contributed by atoms with Gasteiger partial charge in [0.15, 0.2) is 11.6 Å². The second-order valence-electron chi connectivity index (χ2n) is 7.91. The van der Waals surface area contributed by atoms with Crippen molar-refractivity contribution in [3.8, 4) is 5.75 Å². The van der Waals surface area contributed by atoms with Gasteiger partial charge in [-0.1, -0.05) is 0 Å². The molecule has 0 aliphatic carbocycles. The number of ether oxygens (including phenoxy) is 2. The van der Waals surface area contributed by atoms with E-state index in [1.54, 1.807) is 0 Å². The maximum Gasteiger partial charge on any atom is 0.490 e. The highest BCUT2D eigenvalue weighted by Crippen LogP contribution is 2.43. The molecule has 1 amide bonds. The molecule has 2 saturated heterocycles. The lowest BCUT2D eigenvalue weighted by atomic mass is 9.69. The molecule has 166 valence electrons. The fraction of sp³-hybridized carbons (Fsp3) is 0.600. The largest absolute Gasteiger partial charge is 0.494 e. The van der Waals surface area contributed by atoms with Crippen LogP contribution in [-0.4, -0.2) is 74.3 Å². The van der Waals surface area contributed by atoms with Gasteiger partial charge in [0.2, 0.25) is 0 Å². The van der Waals surface area contributed by atoms with E-state index in [1.807, 2.05) is 7.05 Å². The summed E-state index contributed by atoms with van der Waals surface area (Å²) < 4.78 is 62.0. The number of benzene rings is 1. The van der Waals surface area contributed by atoms with Crippen molar-refractivity contribution in [1.82, 2.24) is 9.80 Å². The van der Waals surface area contributed by atoms with Crippen LogP contribution in [0.3, 0.4) is 0 Å². The number of hydrogen-bond donors (Lipinski definition) is 0. The van der Waals surface area contributed by atoms with Gasteiger partial charge >= 0.3 is 12.1 Å². The predicted octanol–water partition coefficient (Wildman–Crippen LogP) is 2.87. The molecule has 0 aromatic heterocycles. The first kappa shape index (κ1) is 22.3. The highest BCUT2D eigenvalue weighted by Gasteiger charge is 2.51. The standard InChI is InChI=1S/C20H24F4N2O4/c1-25-8-5-19(6-9-25)7-10-26(12-16(19)30-18(28)20(22,23)24)17(27)13-3-4-14(21)15(11-13)29-2/h3-4,11,16H,5-10,12H2,1-2H3. The molecule has 10 heteroatoms. The minimum Gasteiger partial charge on any atom is -0.494 e. The van der Waals surface area contributed by atoms with E-state index < -0.39 is 35.4 Å². The summed E-state index contributed by atoms with van der Waals surface area (Å²) in [6, 6.07) is 3.63. The zero-order valence-electron chi connectivity index (χ0n) is 16.8. The number of nitrogens with zero attached hydrogens (tertiary/aromatic N) is 2. The van der Waals surface area contributed by atoms with Gasteiger partial charge in [0.1, 0.15) is 6.10 Å². The first-order chi connectivity index (χ1) is 14.1. The lowest BCUT2D eigenvalue weighted by molar-refractivity contribution is -0.215. The summed E-state index contributed by atoms with van der Waals surface area (Å²) in [5.74, 6) is -3.47. The van der Waals surface area contributed by atoms with E-state index in [9.17, 15) is 27.2 Å². The SMILES string of the molecule is COc1cc(C(=O)N2CCC3(CCN(C)CC3)C(OC(=O)C(F)(F)F)C2)ccc1F. The van der Waals surface area contributed by atoms with Gasteiger partial charge in [-0.25, -0.2) is 9.18 Å². The van der Waals surface area contributed by atoms with Crippen LogP contribution in [0.15, 0.2) is 18.2 Å². The lowest BCUT2D eigenvalue weighted by Gasteiger charge is -2.50. The molecule has 2 aliphatic rings. The van der Waals surface area contributed by atoms with E-state index in [1.165, 1.54) is 24.1 Å². The van der Waals surface area contributed by atoms with Gasteiger partial charge in [-0.15, -0.1) is 0 Å². The van der Waals surface area contributed by atoms with Crippen molar-refractivity contribution >= 4 is 11.9 Å². The van der Waals surface area contributed by atoms with Crippen molar-refractivity contribution in [3.63, 3.8) is 0 Å². The smallest absolute Gasteiger partial charge is 0.490 e. The molecule has 0 radical (unpaired) electrons. The van der Waals surface area contributed by atoms with Crippen molar-refractivity contribution in [3.05, 3.63) is 29.6 Å².